The number of thiazole rings is 1. The second-order valence-corrected chi connectivity index (χ2v) is 6.54. The molecule has 2 rings (SSSR count). The Kier molecular flexibility index (Phi) is 5.30. The van der Waals surface area contributed by atoms with Crippen LogP contribution in [-0.4, -0.2) is 36.0 Å². The molecular formula is C15H19N5O2S. The maximum absolute atomic E-state index is 12.3. The summed E-state index contributed by atoms with van der Waals surface area (Å²) in [5.74, 6) is -0.262. The summed E-state index contributed by atoms with van der Waals surface area (Å²) in [7, 11) is 3.43. The lowest BCUT2D eigenvalue weighted by atomic mass is 10.2. The third-order valence-electron chi connectivity index (χ3n) is 2.82. The first kappa shape index (κ1) is 16.9. The van der Waals surface area contributed by atoms with Crippen LogP contribution in [0.15, 0.2) is 24.3 Å². The second kappa shape index (κ2) is 7.21. The van der Waals surface area contributed by atoms with Crippen LogP contribution in [-0.2, 0) is 0 Å². The van der Waals surface area contributed by atoms with Crippen molar-refractivity contribution in [3.8, 4) is 0 Å². The third kappa shape index (κ3) is 4.76. The number of nitrogens with one attached hydrogen (secondary N) is 3. The van der Waals surface area contributed by atoms with Crippen molar-refractivity contribution in [1.82, 2.24) is 15.4 Å². The van der Waals surface area contributed by atoms with Gasteiger partial charge in [-0.1, -0.05) is 6.07 Å². The van der Waals surface area contributed by atoms with Gasteiger partial charge in [-0.05, 0) is 32.0 Å². The first-order chi connectivity index (χ1) is 10.8. The molecule has 0 aliphatic carbocycles. The van der Waals surface area contributed by atoms with Crippen molar-refractivity contribution in [3.63, 3.8) is 0 Å². The number of amides is 3. The lowest BCUT2D eigenvalue weighted by Gasteiger charge is -2.13. The van der Waals surface area contributed by atoms with Crippen LogP contribution in [0.4, 0.5) is 16.2 Å². The van der Waals surface area contributed by atoms with Crippen molar-refractivity contribution in [2.24, 2.45) is 0 Å². The Hall–Kier alpha value is -2.45. The van der Waals surface area contributed by atoms with Crippen LogP contribution in [0, 0.1) is 13.8 Å². The van der Waals surface area contributed by atoms with E-state index in [1.54, 1.807) is 38.4 Å². The first-order valence-corrected chi connectivity index (χ1v) is 7.77. The predicted molar refractivity (Wildman–Crippen MR) is 91.8 cm³/mol. The summed E-state index contributed by atoms with van der Waals surface area (Å²) in [5, 5.41) is 7.86. The van der Waals surface area contributed by atoms with E-state index in [0.717, 1.165) is 9.88 Å². The quantitative estimate of drug-likeness (QED) is 0.751. The van der Waals surface area contributed by atoms with Crippen LogP contribution in [0.5, 0.6) is 0 Å². The maximum atomic E-state index is 12.3. The molecular weight excluding hydrogens is 314 g/mol. The van der Waals surface area contributed by atoms with E-state index >= 15 is 0 Å². The van der Waals surface area contributed by atoms with Crippen molar-refractivity contribution in [2.45, 2.75) is 13.8 Å². The summed E-state index contributed by atoms with van der Waals surface area (Å²) in [4.78, 5) is 29.0. The molecule has 0 saturated heterocycles. The minimum absolute atomic E-state index is 0.262. The number of benzene rings is 1. The number of hydrogen-bond acceptors (Lipinski definition) is 5. The Morgan fingerprint density at radius 1 is 1.13 bits per heavy atom. The highest BCUT2D eigenvalue weighted by atomic mass is 32.1. The van der Waals surface area contributed by atoms with E-state index in [2.05, 4.69) is 21.0 Å². The van der Waals surface area contributed by atoms with Crippen molar-refractivity contribution in [1.29, 1.82) is 0 Å². The Morgan fingerprint density at radius 3 is 2.35 bits per heavy atom. The topological polar surface area (TPSA) is 86.4 Å². The summed E-state index contributed by atoms with van der Waals surface area (Å²) in [6.07, 6.45) is 0. The van der Waals surface area contributed by atoms with Gasteiger partial charge in [-0.15, -0.1) is 11.3 Å². The van der Waals surface area contributed by atoms with Gasteiger partial charge < -0.3 is 10.6 Å². The van der Waals surface area contributed by atoms with Crippen LogP contribution in [0.3, 0.4) is 0 Å². The molecule has 0 unspecified atom stereocenters. The van der Waals surface area contributed by atoms with Gasteiger partial charge >= 0.3 is 6.03 Å². The molecule has 0 spiro atoms. The van der Waals surface area contributed by atoms with Gasteiger partial charge in [0.1, 0.15) is 5.69 Å². The fourth-order valence-corrected chi connectivity index (χ4v) is 2.78. The van der Waals surface area contributed by atoms with E-state index in [4.69, 9.17) is 0 Å². The van der Waals surface area contributed by atoms with Crippen molar-refractivity contribution in [3.05, 3.63) is 39.8 Å². The molecule has 122 valence electrons. The molecule has 1 heterocycles. The Morgan fingerprint density at radius 2 is 1.78 bits per heavy atom. The zero-order chi connectivity index (χ0) is 17.0. The summed E-state index contributed by atoms with van der Waals surface area (Å²) in [5.41, 5.74) is 4.16. The monoisotopic (exact) mass is 333 g/mol. The molecule has 0 fully saturated rings. The molecule has 2 aromatic rings. The minimum Gasteiger partial charge on any atom is -0.321 e. The highest BCUT2D eigenvalue weighted by molar-refractivity contribution is 7.11. The SMILES string of the molecule is Cc1nc(C(=O)Nc2cccc(NC(=O)NN(C)C)c2)c(C)s1. The average molecular weight is 333 g/mol. The van der Waals surface area contributed by atoms with Crippen molar-refractivity contribution in [2.75, 3.05) is 24.7 Å². The lowest BCUT2D eigenvalue weighted by molar-refractivity contribution is 0.102. The van der Waals surface area contributed by atoms with E-state index in [0.29, 0.717) is 17.1 Å². The van der Waals surface area contributed by atoms with Crippen molar-refractivity contribution >= 4 is 34.6 Å². The lowest BCUT2D eigenvalue weighted by Crippen LogP contribution is -2.39. The van der Waals surface area contributed by atoms with Crippen LogP contribution < -0.4 is 16.1 Å². The fraction of sp³-hybridized carbons (Fsp3) is 0.267. The van der Waals surface area contributed by atoms with Crippen LogP contribution >= 0.6 is 11.3 Å². The van der Waals surface area contributed by atoms with Crippen LogP contribution in [0.25, 0.3) is 0 Å². The number of aromatic nitrogens is 1. The zero-order valence-corrected chi connectivity index (χ0v) is 14.2. The number of nitrogens with zero attached hydrogens (tertiary/aromatic N) is 2. The Bertz CT molecular complexity index is 726. The van der Waals surface area contributed by atoms with Gasteiger partial charge in [0.2, 0.25) is 0 Å². The first-order valence-electron chi connectivity index (χ1n) is 6.95. The summed E-state index contributed by atoms with van der Waals surface area (Å²) in [6, 6.07) is 6.57. The highest BCUT2D eigenvalue weighted by Gasteiger charge is 2.14. The molecule has 0 saturated carbocycles. The smallest absolute Gasteiger partial charge is 0.321 e. The Labute approximate surface area is 138 Å². The molecule has 3 N–H and O–H groups in total. The number of carbonyl (C=O) groups excluding carboxylic acids is 2. The third-order valence-corrected chi connectivity index (χ3v) is 3.71. The van der Waals surface area contributed by atoms with Gasteiger partial charge in [0, 0.05) is 30.3 Å². The van der Waals surface area contributed by atoms with Gasteiger partial charge in [0.25, 0.3) is 5.91 Å². The Balaban J connectivity index is 2.06. The molecule has 0 bridgehead atoms. The molecule has 0 aliphatic rings. The molecule has 1 aromatic carbocycles. The zero-order valence-electron chi connectivity index (χ0n) is 13.4. The molecule has 7 nitrogen and oxygen atoms in total. The van der Waals surface area contributed by atoms with Crippen LogP contribution in [0.1, 0.15) is 20.4 Å². The minimum atomic E-state index is -0.357. The van der Waals surface area contributed by atoms with E-state index in [1.165, 1.54) is 16.3 Å². The summed E-state index contributed by atoms with van der Waals surface area (Å²) in [6.45, 7) is 3.73. The van der Waals surface area contributed by atoms with Gasteiger partial charge in [-0.25, -0.2) is 14.8 Å². The summed E-state index contributed by atoms with van der Waals surface area (Å²) >= 11 is 1.48. The van der Waals surface area contributed by atoms with E-state index in [1.807, 2.05) is 13.8 Å². The van der Waals surface area contributed by atoms with Crippen molar-refractivity contribution < 1.29 is 9.59 Å². The molecule has 23 heavy (non-hydrogen) atoms. The average Bonchev–Trinajstić information content (AvgIpc) is 2.77. The molecule has 0 radical (unpaired) electrons. The van der Waals surface area contributed by atoms with Gasteiger partial charge in [0.05, 0.1) is 5.01 Å². The number of hydrazine groups is 1. The molecule has 1 aromatic heterocycles. The van der Waals surface area contributed by atoms with Gasteiger partial charge in [0.15, 0.2) is 0 Å². The number of rotatable bonds is 4. The molecule has 3 amide bonds. The fourth-order valence-electron chi connectivity index (χ4n) is 1.97. The standard InChI is InChI=1S/C15H19N5O2S/c1-9-13(16-10(2)23-9)14(21)17-11-6-5-7-12(8-11)18-15(22)19-20(3)4/h5-8H,1-4H3,(H,17,21)(H2,18,19,22). The molecule has 8 heteroatoms. The summed E-state index contributed by atoms with van der Waals surface area (Å²) < 4.78 is 0. The number of carbonyl (C=O) groups is 2. The van der Waals surface area contributed by atoms with Gasteiger partial charge in [-0.3, -0.25) is 10.2 Å². The normalized spacial score (nSPS) is 10.5. The number of hydrogen-bond donors (Lipinski definition) is 3. The van der Waals surface area contributed by atoms with E-state index < -0.39 is 0 Å². The van der Waals surface area contributed by atoms with Crippen LogP contribution in [0.2, 0.25) is 0 Å². The van der Waals surface area contributed by atoms with E-state index in [9.17, 15) is 9.59 Å². The second-order valence-electron chi connectivity index (χ2n) is 5.13. The molecule has 0 atom stereocenters. The number of urea groups is 1. The van der Waals surface area contributed by atoms with Gasteiger partial charge in [-0.2, -0.15) is 0 Å². The highest BCUT2D eigenvalue weighted by Crippen LogP contribution is 2.19. The number of anilines is 2. The molecule has 0 aliphatic heterocycles. The largest absolute Gasteiger partial charge is 0.333 e. The number of aryl methyl sites for hydroxylation is 2. The van der Waals surface area contributed by atoms with E-state index in [-0.39, 0.29) is 11.9 Å². The predicted octanol–water partition coefficient (Wildman–Crippen LogP) is 2.61. The maximum Gasteiger partial charge on any atom is 0.333 e.